The van der Waals surface area contributed by atoms with Gasteiger partial charge in [-0.2, -0.15) is 0 Å². The van der Waals surface area contributed by atoms with Crippen LogP contribution in [0.4, 0.5) is 0 Å². The van der Waals surface area contributed by atoms with Gasteiger partial charge in [0, 0.05) is 12.5 Å². The Hall–Kier alpha value is -0.0400. The first-order valence-electron chi connectivity index (χ1n) is 5.89. The van der Waals surface area contributed by atoms with Crippen LogP contribution >= 0.6 is 0 Å². The fourth-order valence-corrected chi connectivity index (χ4v) is 3.61. The van der Waals surface area contributed by atoms with Gasteiger partial charge in [-0.15, -0.1) is 0 Å². The molecule has 0 aliphatic heterocycles. The van der Waals surface area contributed by atoms with Gasteiger partial charge in [-0.05, 0) is 31.1 Å². The lowest BCUT2D eigenvalue weighted by molar-refractivity contribution is -0.0701. The van der Waals surface area contributed by atoms with Crippen molar-refractivity contribution >= 4 is 0 Å². The van der Waals surface area contributed by atoms with Crippen LogP contribution in [-0.2, 0) is 4.74 Å². The minimum Gasteiger partial charge on any atom is -0.378 e. The molecule has 0 heterocycles. The summed E-state index contributed by atoms with van der Waals surface area (Å²) in [4.78, 5) is 0. The van der Waals surface area contributed by atoms with Gasteiger partial charge in [0.15, 0.2) is 0 Å². The van der Waals surface area contributed by atoms with Gasteiger partial charge in [-0.3, -0.25) is 0 Å². The molecule has 0 saturated heterocycles. The second-order valence-corrected chi connectivity index (χ2v) is 5.48. The van der Waals surface area contributed by atoms with E-state index in [2.05, 4.69) is 41.5 Å². The molecule has 4 unspecified atom stereocenters. The maximum atomic E-state index is 5.78. The average Bonchev–Trinajstić information content (AvgIpc) is 2.66. The summed E-state index contributed by atoms with van der Waals surface area (Å²) in [6.45, 7) is 14.0. The Morgan fingerprint density at radius 2 is 1.79 bits per heavy atom. The van der Waals surface area contributed by atoms with E-state index in [1.807, 2.05) is 7.11 Å². The zero-order valence-electron chi connectivity index (χ0n) is 10.9. The van der Waals surface area contributed by atoms with Crippen molar-refractivity contribution in [3.63, 3.8) is 0 Å². The topological polar surface area (TPSA) is 9.23 Å². The van der Waals surface area contributed by atoms with Crippen LogP contribution in [0.15, 0.2) is 0 Å². The van der Waals surface area contributed by atoms with Crippen LogP contribution in [-0.4, -0.2) is 12.7 Å². The van der Waals surface area contributed by atoms with E-state index >= 15 is 0 Å². The van der Waals surface area contributed by atoms with Gasteiger partial charge in [-0.25, -0.2) is 0 Å². The molecule has 4 atom stereocenters. The zero-order chi connectivity index (χ0) is 11.2. The standard InChI is InChI=1S/C13H26O/c1-8-11(4)10(3)13(11,6)12(5,9-2)14-7/h10H,8-9H2,1-7H3. The molecule has 0 spiro atoms. The van der Waals surface area contributed by atoms with Gasteiger partial charge in [-0.1, -0.05) is 34.6 Å². The summed E-state index contributed by atoms with van der Waals surface area (Å²) >= 11 is 0. The first kappa shape index (κ1) is 12.0. The van der Waals surface area contributed by atoms with Gasteiger partial charge in [0.1, 0.15) is 0 Å². The van der Waals surface area contributed by atoms with E-state index in [-0.39, 0.29) is 5.60 Å². The molecule has 1 nitrogen and oxygen atoms in total. The number of hydrogen-bond donors (Lipinski definition) is 0. The summed E-state index contributed by atoms with van der Waals surface area (Å²) in [7, 11) is 1.86. The largest absolute Gasteiger partial charge is 0.378 e. The lowest BCUT2D eigenvalue weighted by Crippen LogP contribution is -2.39. The van der Waals surface area contributed by atoms with Crippen LogP contribution in [0.5, 0.6) is 0 Å². The molecular weight excluding hydrogens is 172 g/mol. The maximum absolute atomic E-state index is 5.78. The summed E-state index contributed by atoms with van der Waals surface area (Å²) in [5.74, 6) is 0.768. The average molecular weight is 198 g/mol. The molecule has 1 aliphatic carbocycles. The van der Waals surface area contributed by atoms with E-state index in [4.69, 9.17) is 4.74 Å². The predicted octanol–water partition coefficient (Wildman–Crippen LogP) is 3.87. The molecule has 1 heteroatoms. The number of rotatable bonds is 4. The summed E-state index contributed by atoms with van der Waals surface area (Å²) in [5.41, 5.74) is 0.850. The summed E-state index contributed by atoms with van der Waals surface area (Å²) < 4.78 is 5.78. The SMILES string of the molecule is CCC(C)(OC)C1(C)C(C)C1(C)CC. The van der Waals surface area contributed by atoms with Crippen LogP contribution in [0.1, 0.15) is 54.4 Å². The molecule has 0 bridgehead atoms. The summed E-state index contributed by atoms with van der Waals surface area (Å²) in [6, 6.07) is 0. The van der Waals surface area contributed by atoms with Crippen LogP contribution in [0.2, 0.25) is 0 Å². The van der Waals surface area contributed by atoms with Crippen molar-refractivity contribution in [1.82, 2.24) is 0 Å². The second kappa shape index (κ2) is 3.23. The Kier molecular flexibility index (Phi) is 2.78. The molecule has 0 aromatic rings. The van der Waals surface area contributed by atoms with Crippen molar-refractivity contribution in [3.05, 3.63) is 0 Å². The Labute approximate surface area is 89.2 Å². The first-order chi connectivity index (χ1) is 6.34. The normalized spacial score (nSPS) is 46.1. The Balaban J connectivity index is 2.99. The van der Waals surface area contributed by atoms with E-state index in [0.717, 1.165) is 12.3 Å². The Bertz CT molecular complexity index is 219. The van der Waals surface area contributed by atoms with E-state index in [9.17, 15) is 0 Å². The monoisotopic (exact) mass is 198 g/mol. The molecule has 1 rings (SSSR count). The number of hydrogen-bond acceptors (Lipinski definition) is 1. The van der Waals surface area contributed by atoms with Gasteiger partial charge < -0.3 is 4.74 Å². The van der Waals surface area contributed by atoms with Crippen molar-refractivity contribution in [3.8, 4) is 0 Å². The molecule has 1 fully saturated rings. The van der Waals surface area contributed by atoms with E-state index in [0.29, 0.717) is 10.8 Å². The molecule has 0 aromatic carbocycles. The van der Waals surface area contributed by atoms with Crippen molar-refractivity contribution in [2.24, 2.45) is 16.7 Å². The van der Waals surface area contributed by atoms with Crippen molar-refractivity contribution in [2.75, 3.05) is 7.11 Å². The lowest BCUT2D eigenvalue weighted by atomic mass is 9.77. The molecule has 1 saturated carbocycles. The highest BCUT2D eigenvalue weighted by Gasteiger charge is 2.73. The molecule has 0 aromatic heterocycles. The molecule has 1 aliphatic rings. The van der Waals surface area contributed by atoms with E-state index in [1.54, 1.807) is 0 Å². The molecular formula is C13H26O. The number of ether oxygens (including phenoxy) is 1. The van der Waals surface area contributed by atoms with E-state index in [1.165, 1.54) is 6.42 Å². The molecule has 84 valence electrons. The molecule has 0 amide bonds. The Morgan fingerprint density at radius 1 is 1.29 bits per heavy atom. The second-order valence-electron chi connectivity index (χ2n) is 5.48. The van der Waals surface area contributed by atoms with Crippen LogP contribution in [0.25, 0.3) is 0 Å². The highest BCUT2D eigenvalue weighted by molar-refractivity contribution is 5.21. The third-order valence-corrected chi connectivity index (χ3v) is 5.88. The third-order valence-electron chi connectivity index (χ3n) is 5.88. The summed E-state index contributed by atoms with van der Waals surface area (Å²) in [5, 5.41) is 0. The van der Waals surface area contributed by atoms with Crippen molar-refractivity contribution in [2.45, 2.75) is 60.0 Å². The quantitative estimate of drug-likeness (QED) is 0.666. The van der Waals surface area contributed by atoms with Crippen molar-refractivity contribution < 1.29 is 4.74 Å². The highest BCUT2D eigenvalue weighted by atomic mass is 16.5. The maximum Gasteiger partial charge on any atom is 0.0709 e. The van der Waals surface area contributed by atoms with Gasteiger partial charge in [0.25, 0.3) is 0 Å². The fraction of sp³-hybridized carbons (Fsp3) is 1.00. The fourth-order valence-electron chi connectivity index (χ4n) is 3.61. The molecule has 0 radical (unpaired) electrons. The zero-order valence-corrected chi connectivity index (χ0v) is 10.9. The van der Waals surface area contributed by atoms with Gasteiger partial charge >= 0.3 is 0 Å². The first-order valence-corrected chi connectivity index (χ1v) is 5.89. The van der Waals surface area contributed by atoms with Crippen LogP contribution in [0, 0.1) is 16.7 Å². The third kappa shape index (κ3) is 1.05. The molecule has 0 N–H and O–H groups in total. The summed E-state index contributed by atoms with van der Waals surface area (Å²) in [6.07, 6.45) is 2.35. The van der Waals surface area contributed by atoms with Gasteiger partial charge in [0.05, 0.1) is 5.60 Å². The number of methoxy groups -OCH3 is 1. The van der Waals surface area contributed by atoms with Gasteiger partial charge in [0.2, 0.25) is 0 Å². The van der Waals surface area contributed by atoms with E-state index < -0.39 is 0 Å². The minimum atomic E-state index is 0.0389. The smallest absolute Gasteiger partial charge is 0.0709 e. The predicted molar refractivity (Wildman–Crippen MR) is 61.4 cm³/mol. The van der Waals surface area contributed by atoms with Crippen LogP contribution in [0.3, 0.4) is 0 Å². The lowest BCUT2D eigenvalue weighted by Gasteiger charge is -2.37. The molecule has 14 heavy (non-hydrogen) atoms. The minimum absolute atomic E-state index is 0.0389. The highest BCUT2D eigenvalue weighted by Crippen LogP contribution is 2.75. The van der Waals surface area contributed by atoms with Crippen LogP contribution < -0.4 is 0 Å². The Morgan fingerprint density at radius 3 is 2.00 bits per heavy atom. The van der Waals surface area contributed by atoms with Crippen molar-refractivity contribution in [1.29, 1.82) is 0 Å².